The van der Waals surface area contributed by atoms with Crippen molar-refractivity contribution in [3.63, 3.8) is 0 Å². The molecule has 5 heteroatoms. The Bertz CT molecular complexity index is 1470. The molecule has 1 amide bonds. The lowest BCUT2D eigenvalue weighted by atomic mass is 9.68. The van der Waals surface area contributed by atoms with E-state index in [9.17, 15) is 9.59 Å². The predicted octanol–water partition coefficient (Wildman–Crippen LogP) is 6.50. The van der Waals surface area contributed by atoms with Gasteiger partial charge in [0.2, 0.25) is 5.91 Å². The Labute approximate surface area is 246 Å². The first kappa shape index (κ1) is 28.4. The van der Waals surface area contributed by atoms with Gasteiger partial charge in [-0.2, -0.15) is 0 Å². The minimum absolute atomic E-state index is 0.256. The molecule has 0 heterocycles. The molecule has 5 aromatic carbocycles. The minimum atomic E-state index is -1.20. The molecule has 0 saturated carbocycles. The molecular weight excluding hydrogens is 522 g/mol. The molecule has 5 aromatic rings. The zero-order valence-corrected chi connectivity index (χ0v) is 23.5. The molecule has 0 fully saturated rings. The van der Waals surface area contributed by atoms with Crippen LogP contribution < -0.4 is 10.1 Å². The molecule has 0 bridgehead atoms. The molecule has 42 heavy (non-hydrogen) atoms. The van der Waals surface area contributed by atoms with Crippen LogP contribution >= 0.6 is 0 Å². The van der Waals surface area contributed by atoms with E-state index in [1.54, 1.807) is 0 Å². The third-order valence-electron chi connectivity index (χ3n) is 7.36. The maximum absolute atomic E-state index is 14.6. The molecule has 0 radical (unpaired) electrons. The normalized spacial score (nSPS) is 11.7. The summed E-state index contributed by atoms with van der Waals surface area (Å²) < 4.78 is 11.1. The van der Waals surface area contributed by atoms with Crippen molar-refractivity contribution in [3.8, 4) is 5.75 Å². The standard InChI is InChI=1S/C37H33NO4/c1-41-35(39)34(26-28-22-24-33(25-23-28)42-27-29-14-6-2-7-15-29)38-36(40)37(30-16-8-3-9-17-30,31-18-10-4-11-19-31)32-20-12-5-13-21-32/h2-25,34H,26-27H2,1H3,(H,38,40)/t34-/m0/s1. The fraction of sp³-hybridized carbons (Fsp3) is 0.135. The van der Waals surface area contributed by atoms with Gasteiger partial charge < -0.3 is 14.8 Å². The van der Waals surface area contributed by atoms with E-state index >= 15 is 0 Å². The van der Waals surface area contributed by atoms with Crippen LogP contribution in [0, 0.1) is 0 Å². The first-order valence-electron chi connectivity index (χ1n) is 13.9. The highest BCUT2D eigenvalue weighted by Gasteiger charge is 2.45. The molecule has 0 aliphatic carbocycles. The monoisotopic (exact) mass is 555 g/mol. The van der Waals surface area contributed by atoms with Gasteiger partial charge in [-0.25, -0.2) is 4.79 Å². The fourth-order valence-electron chi connectivity index (χ4n) is 5.26. The minimum Gasteiger partial charge on any atom is -0.489 e. The summed E-state index contributed by atoms with van der Waals surface area (Å²) in [4.78, 5) is 27.7. The molecule has 5 rings (SSSR count). The van der Waals surface area contributed by atoms with Gasteiger partial charge >= 0.3 is 5.97 Å². The number of carbonyl (C=O) groups is 2. The molecule has 0 saturated heterocycles. The molecule has 5 nitrogen and oxygen atoms in total. The van der Waals surface area contributed by atoms with E-state index in [2.05, 4.69) is 5.32 Å². The van der Waals surface area contributed by atoms with E-state index in [0.29, 0.717) is 6.61 Å². The Morgan fingerprint density at radius 1 is 0.619 bits per heavy atom. The Kier molecular flexibility index (Phi) is 9.10. The van der Waals surface area contributed by atoms with Gasteiger partial charge in [0.05, 0.1) is 7.11 Å². The summed E-state index contributed by atoms with van der Waals surface area (Å²) in [5.41, 5.74) is 3.12. The van der Waals surface area contributed by atoms with E-state index < -0.39 is 17.4 Å². The van der Waals surface area contributed by atoms with Crippen LogP contribution in [0.3, 0.4) is 0 Å². The largest absolute Gasteiger partial charge is 0.489 e. The number of amides is 1. The highest BCUT2D eigenvalue weighted by atomic mass is 16.5. The molecule has 0 unspecified atom stereocenters. The smallest absolute Gasteiger partial charge is 0.328 e. The van der Waals surface area contributed by atoms with Gasteiger partial charge in [0, 0.05) is 6.42 Å². The van der Waals surface area contributed by atoms with Gasteiger partial charge in [-0.15, -0.1) is 0 Å². The first-order chi connectivity index (χ1) is 20.6. The molecule has 0 aromatic heterocycles. The number of rotatable bonds is 11. The average Bonchev–Trinajstić information content (AvgIpc) is 3.06. The fourth-order valence-corrected chi connectivity index (χ4v) is 5.26. The van der Waals surface area contributed by atoms with E-state index in [-0.39, 0.29) is 12.3 Å². The molecule has 210 valence electrons. The number of esters is 1. The van der Waals surface area contributed by atoms with Gasteiger partial charge in [-0.05, 0) is 39.9 Å². The van der Waals surface area contributed by atoms with Crippen molar-refractivity contribution in [1.29, 1.82) is 0 Å². The summed E-state index contributed by atoms with van der Waals surface area (Å²) in [5.74, 6) is -0.113. The number of carbonyl (C=O) groups excluding carboxylic acids is 2. The van der Waals surface area contributed by atoms with Gasteiger partial charge in [0.1, 0.15) is 23.8 Å². The maximum atomic E-state index is 14.6. The average molecular weight is 556 g/mol. The second-order valence-electron chi connectivity index (χ2n) is 10.0. The summed E-state index contributed by atoms with van der Waals surface area (Å²) in [6, 6.07) is 45.5. The van der Waals surface area contributed by atoms with Crippen LogP contribution in [0.1, 0.15) is 27.8 Å². The Morgan fingerprint density at radius 3 is 1.52 bits per heavy atom. The van der Waals surface area contributed by atoms with E-state index in [4.69, 9.17) is 9.47 Å². The van der Waals surface area contributed by atoms with Crippen LogP contribution in [0.2, 0.25) is 0 Å². The lowest BCUT2D eigenvalue weighted by molar-refractivity contribution is -0.145. The molecule has 0 spiro atoms. The Hall–Kier alpha value is -5.16. The first-order valence-corrected chi connectivity index (χ1v) is 13.9. The molecule has 1 N–H and O–H groups in total. The number of hydrogen-bond acceptors (Lipinski definition) is 4. The van der Waals surface area contributed by atoms with Gasteiger partial charge in [-0.1, -0.05) is 133 Å². The number of hydrogen-bond donors (Lipinski definition) is 1. The summed E-state index contributed by atoms with van der Waals surface area (Å²) >= 11 is 0. The second-order valence-corrected chi connectivity index (χ2v) is 10.0. The third-order valence-corrected chi connectivity index (χ3v) is 7.36. The predicted molar refractivity (Wildman–Crippen MR) is 164 cm³/mol. The summed E-state index contributed by atoms with van der Waals surface area (Å²) in [5, 5.41) is 3.07. The summed E-state index contributed by atoms with van der Waals surface area (Å²) in [6.07, 6.45) is 0.256. The Morgan fingerprint density at radius 2 is 1.07 bits per heavy atom. The van der Waals surface area contributed by atoms with E-state index in [0.717, 1.165) is 33.6 Å². The van der Waals surface area contributed by atoms with Crippen LogP contribution in [-0.4, -0.2) is 25.0 Å². The van der Waals surface area contributed by atoms with E-state index in [1.807, 2.05) is 146 Å². The maximum Gasteiger partial charge on any atom is 0.328 e. The summed E-state index contributed by atoms with van der Waals surface area (Å²) in [7, 11) is 1.33. The number of methoxy groups -OCH3 is 1. The van der Waals surface area contributed by atoms with Crippen LogP contribution in [-0.2, 0) is 32.8 Å². The van der Waals surface area contributed by atoms with Gasteiger partial charge in [0.25, 0.3) is 0 Å². The topological polar surface area (TPSA) is 64.6 Å². The van der Waals surface area contributed by atoms with Crippen molar-refractivity contribution < 1.29 is 19.1 Å². The molecule has 0 aliphatic heterocycles. The van der Waals surface area contributed by atoms with Crippen LogP contribution in [0.5, 0.6) is 5.75 Å². The highest BCUT2D eigenvalue weighted by molar-refractivity contribution is 5.98. The van der Waals surface area contributed by atoms with Crippen molar-refractivity contribution in [2.75, 3.05) is 7.11 Å². The van der Waals surface area contributed by atoms with Gasteiger partial charge in [-0.3, -0.25) is 4.79 Å². The zero-order chi connectivity index (χ0) is 29.2. The SMILES string of the molecule is COC(=O)[C@H](Cc1ccc(OCc2ccccc2)cc1)NC(=O)C(c1ccccc1)(c1ccccc1)c1ccccc1. The number of nitrogens with one attached hydrogen (secondary N) is 1. The zero-order valence-electron chi connectivity index (χ0n) is 23.5. The van der Waals surface area contributed by atoms with Crippen LogP contribution in [0.15, 0.2) is 146 Å². The lowest BCUT2D eigenvalue weighted by Gasteiger charge is -2.35. The van der Waals surface area contributed by atoms with E-state index in [1.165, 1.54) is 7.11 Å². The van der Waals surface area contributed by atoms with Crippen molar-refractivity contribution in [2.45, 2.75) is 24.5 Å². The second kappa shape index (κ2) is 13.5. The van der Waals surface area contributed by atoms with Gasteiger partial charge in [0.15, 0.2) is 0 Å². The van der Waals surface area contributed by atoms with Crippen LogP contribution in [0.4, 0.5) is 0 Å². The quantitative estimate of drug-likeness (QED) is 0.149. The highest BCUT2D eigenvalue weighted by Crippen LogP contribution is 2.39. The van der Waals surface area contributed by atoms with Crippen molar-refractivity contribution in [3.05, 3.63) is 173 Å². The lowest BCUT2D eigenvalue weighted by Crippen LogP contribution is -2.52. The number of ether oxygens (including phenoxy) is 2. The number of benzene rings is 5. The molecular formula is C37H33NO4. The molecule has 1 atom stereocenters. The van der Waals surface area contributed by atoms with Crippen LogP contribution in [0.25, 0.3) is 0 Å². The van der Waals surface area contributed by atoms with Crippen molar-refractivity contribution in [2.24, 2.45) is 0 Å². The summed E-state index contributed by atoms with van der Waals surface area (Å²) in [6.45, 7) is 0.460. The molecule has 0 aliphatic rings. The third kappa shape index (κ3) is 6.26. The van der Waals surface area contributed by atoms with Crippen molar-refractivity contribution >= 4 is 11.9 Å². The van der Waals surface area contributed by atoms with Crippen molar-refractivity contribution in [1.82, 2.24) is 5.32 Å². The Balaban J connectivity index is 1.45.